The molecular formula is C13H14ClN3O3. The van der Waals surface area contributed by atoms with Crippen molar-refractivity contribution in [3.05, 3.63) is 23.0 Å². The number of hydrogen-bond donors (Lipinski definition) is 1. The Hall–Kier alpha value is -1.69. The SMILES string of the molecule is O=C(O)C1C2CCCC2CN1C(=O)c1ccc(Cl)nn1. The second-order valence-corrected chi connectivity index (χ2v) is 5.72. The molecule has 3 rings (SSSR count). The second-order valence-electron chi connectivity index (χ2n) is 5.34. The Balaban J connectivity index is 1.87. The van der Waals surface area contributed by atoms with Gasteiger partial charge < -0.3 is 10.0 Å². The Labute approximate surface area is 120 Å². The van der Waals surface area contributed by atoms with Gasteiger partial charge in [-0.3, -0.25) is 4.79 Å². The Kier molecular flexibility index (Phi) is 3.33. The molecule has 0 spiro atoms. The molecule has 1 aliphatic carbocycles. The first-order valence-corrected chi connectivity index (χ1v) is 6.98. The highest BCUT2D eigenvalue weighted by atomic mass is 35.5. The van der Waals surface area contributed by atoms with Crippen LogP contribution in [0.2, 0.25) is 5.15 Å². The van der Waals surface area contributed by atoms with Crippen molar-refractivity contribution in [1.82, 2.24) is 15.1 Å². The van der Waals surface area contributed by atoms with Crippen molar-refractivity contribution in [2.75, 3.05) is 6.54 Å². The number of likely N-dealkylation sites (tertiary alicyclic amines) is 1. The molecule has 1 N–H and O–H groups in total. The van der Waals surface area contributed by atoms with Crippen molar-refractivity contribution in [2.45, 2.75) is 25.3 Å². The van der Waals surface area contributed by atoms with Crippen LogP contribution in [0.3, 0.4) is 0 Å². The molecular weight excluding hydrogens is 282 g/mol. The fourth-order valence-corrected chi connectivity index (χ4v) is 3.51. The third kappa shape index (κ3) is 2.14. The number of rotatable bonds is 2. The van der Waals surface area contributed by atoms with Crippen LogP contribution in [-0.2, 0) is 4.79 Å². The maximum atomic E-state index is 12.4. The molecule has 7 heteroatoms. The van der Waals surface area contributed by atoms with Crippen molar-refractivity contribution >= 4 is 23.5 Å². The smallest absolute Gasteiger partial charge is 0.326 e. The molecule has 2 fully saturated rings. The van der Waals surface area contributed by atoms with E-state index in [2.05, 4.69) is 10.2 Å². The van der Waals surface area contributed by atoms with Crippen molar-refractivity contribution in [3.63, 3.8) is 0 Å². The monoisotopic (exact) mass is 295 g/mol. The zero-order valence-electron chi connectivity index (χ0n) is 10.7. The van der Waals surface area contributed by atoms with Gasteiger partial charge in [0.05, 0.1) is 0 Å². The summed E-state index contributed by atoms with van der Waals surface area (Å²) in [5, 5.41) is 17.0. The van der Waals surface area contributed by atoms with Crippen LogP contribution in [0.25, 0.3) is 0 Å². The highest BCUT2D eigenvalue weighted by Crippen LogP contribution is 2.42. The normalized spacial score (nSPS) is 28.4. The van der Waals surface area contributed by atoms with Gasteiger partial charge in [-0.05, 0) is 36.8 Å². The van der Waals surface area contributed by atoms with Crippen LogP contribution in [0, 0.1) is 11.8 Å². The molecule has 1 aromatic rings. The molecule has 0 bridgehead atoms. The lowest BCUT2D eigenvalue weighted by molar-refractivity contribution is -0.142. The molecule has 20 heavy (non-hydrogen) atoms. The van der Waals surface area contributed by atoms with E-state index in [4.69, 9.17) is 11.6 Å². The van der Waals surface area contributed by atoms with Crippen LogP contribution in [0.1, 0.15) is 29.8 Å². The summed E-state index contributed by atoms with van der Waals surface area (Å²) >= 11 is 5.64. The van der Waals surface area contributed by atoms with Crippen LogP contribution in [0.5, 0.6) is 0 Å². The first-order valence-electron chi connectivity index (χ1n) is 6.61. The number of carbonyl (C=O) groups excluding carboxylic acids is 1. The molecule has 1 aromatic heterocycles. The average Bonchev–Trinajstić information content (AvgIpc) is 2.97. The minimum absolute atomic E-state index is 0.0664. The number of fused-ring (bicyclic) bond motifs is 1. The Morgan fingerprint density at radius 1 is 1.30 bits per heavy atom. The number of nitrogens with zero attached hydrogens (tertiary/aromatic N) is 3. The molecule has 106 valence electrons. The van der Waals surface area contributed by atoms with Crippen molar-refractivity contribution < 1.29 is 14.7 Å². The summed E-state index contributed by atoms with van der Waals surface area (Å²) in [5.74, 6) is -0.956. The van der Waals surface area contributed by atoms with Gasteiger partial charge in [0.1, 0.15) is 6.04 Å². The van der Waals surface area contributed by atoms with E-state index >= 15 is 0 Å². The summed E-state index contributed by atoms with van der Waals surface area (Å²) in [6, 6.07) is 2.21. The molecule has 1 amide bonds. The van der Waals surface area contributed by atoms with Crippen LogP contribution in [-0.4, -0.2) is 44.7 Å². The van der Waals surface area contributed by atoms with Crippen molar-refractivity contribution in [3.8, 4) is 0 Å². The molecule has 2 heterocycles. The van der Waals surface area contributed by atoms with Gasteiger partial charge in [0.25, 0.3) is 5.91 Å². The molecule has 1 saturated heterocycles. The first-order chi connectivity index (χ1) is 9.58. The number of aromatic nitrogens is 2. The van der Waals surface area contributed by atoms with Gasteiger partial charge in [0.2, 0.25) is 0 Å². The van der Waals surface area contributed by atoms with Gasteiger partial charge in [-0.25, -0.2) is 4.79 Å². The van der Waals surface area contributed by atoms with Gasteiger partial charge >= 0.3 is 5.97 Å². The van der Waals surface area contributed by atoms with E-state index in [0.29, 0.717) is 12.5 Å². The number of carbonyl (C=O) groups is 2. The quantitative estimate of drug-likeness (QED) is 0.893. The number of amides is 1. The number of carboxylic acids is 1. The summed E-state index contributed by atoms with van der Waals surface area (Å²) < 4.78 is 0. The van der Waals surface area contributed by atoms with Gasteiger partial charge in [-0.15, -0.1) is 10.2 Å². The van der Waals surface area contributed by atoms with Crippen molar-refractivity contribution in [1.29, 1.82) is 0 Å². The third-order valence-corrected chi connectivity index (χ3v) is 4.46. The fourth-order valence-electron chi connectivity index (χ4n) is 3.41. The van der Waals surface area contributed by atoms with E-state index in [1.54, 1.807) is 0 Å². The van der Waals surface area contributed by atoms with Crippen LogP contribution in [0.15, 0.2) is 12.1 Å². The predicted molar refractivity (Wildman–Crippen MR) is 70.3 cm³/mol. The fraction of sp³-hybridized carbons (Fsp3) is 0.538. The summed E-state index contributed by atoms with van der Waals surface area (Å²) in [6.07, 6.45) is 2.91. The topological polar surface area (TPSA) is 83.4 Å². The largest absolute Gasteiger partial charge is 0.480 e. The highest BCUT2D eigenvalue weighted by Gasteiger charge is 2.49. The minimum Gasteiger partial charge on any atom is -0.480 e. The lowest BCUT2D eigenvalue weighted by Gasteiger charge is -2.23. The van der Waals surface area contributed by atoms with E-state index in [9.17, 15) is 14.7 Å². The second kappa shape index (κ2) is 5.01. The first kappa shape index (κ1) is 13.3. The Morgan fingerprint density at radius 3 is 2.75 bits per heavy atom. The maximum absolute atomic E-state index is 12.4. The molecule has 1 aliphatic heterocycles. The van der Waals surface area contributed by atoms with Crippen LogP contribution < -0.4 is 0 Å². The maximum Gasteiger partial charge on any atom is 0.326 e. The predicted octanol–water partition coefficient (Wildman–Crippen LogP) is 1.46. The number of carboxylic acid groups (broad SMARTS) is 1. The van der Waals surface area contributed by atoms with Gasteiger partial charge in [-0.1, -0.05) is 18.0 Å². The zero-order valence-corrected chi connectivity index (χ0v) is 11.5. The highest BCUT2D eigenvalue weighted by molar-refractivity contribution is 6.29. The molecule has 0 aromatic carbocycles. The molecule has 2 aliphatic rings. The minimum atomic E-state index is -0.935. The summed E-state index contributed by atoms with van der Waals surface area (Å²) in [6.45, 7) is 0.491. The summed E-state index contributed by atoms with van der Waals surface area (Å²) in [7, 11) is 0. The summed E-state index contributed by atoms with van der Waals surface area (Å²) in [5.41, 5.74) is 0.139. The number of hydrogen-bond acceptors (Lipinski definition) is 4. The van der Waals surface area contributed by atoms with E-state index in [1.807, 2.05) is 0 Å². The molecule has 6 nitrogen and oxygen atoms in total. The van der Waals surface area contributed by atoms with Crippen LogP contribution in [0.4, 0.5) is 0 Å². The average molecular weight is 296 g/mol. The van der Waals surface area contributed by atoms with Gasteiger partial charge in [0.15, 0.2) is 10.8 Å². The molecule has 3 atom stereocenters. The molecule has 3 unspecified atom stereocenters. The van der Waals surface area contributed by atoms with E-state index < -0.39 is 12.0 Å². The zero-order chi connectivity index (χ0) is 14.3. The molecule has 0 radical (unpaired) electrons. The third-order valence-electron chi connectivity index (χ3n) is 4.26. The summed E-state index contributed by atoms with van der Waals surface area (Å²) in [4.78, 5) is 25.3. The van der Waals surface area contributed by atoms with Crippen LogP contribution >= 0.6 is 11.6 Å². The number of halogens is 1. The Bertz CT molecular complexity index is 548. The standard InChI is InChI=1S/C13H14ClN3O3/c14-10-5-4-9(15-16-10)12(18)17-6-7-2-1-3-8(7)11(17)13(19)20/h4-5,7-8,11H,1-3,6H2,(H,19,20). The lowest BCUT2D eigenvalue weighted by atomic mass is 9.94. The van der Waals surface area contributed by atoms with E-state index in [0.717, 1.165) is 19.3 Å². The van der Waals surface area contributed by atoms with E-state index in [-0.39, 0.29) is 22.7 Å². The van der Waals surface area contributed by atoms with Crippen molar-refractivity contribution in [2.24, 2.45) is 11.8 Å². The lowest BCUT2D eigenvalue weighted by Crippen LogP contribution is -2.43. The van der Waals surface area contributed by atoms with Gasteiger partial charge in [-0.2, -0.15) is 0 Å². The molecule has 1 saturated carbocycles. The number of aliphatic carboxylic acids is 1. The van der Waals surface area contributed by atoms with E-state index in [1.165, 1.54) is 17.0 Å². The Morgan fingerprint density at radius 2 is 2.10 bits per heavy atom. The van der Waals surface area contributed by atoms with Gasteiger partial charge in [0, 0.05) is 6.54 Å².